The van der Waals surface area contributed by atoms with Crippen LogP contribution in [-0.4, -0.2) is 28.0 Å². The maximum Gasteiger partial charge on any atom is 0.259 e. The van der Waals surface area contributed by atoms with E-state index in [1.165, 1.54) is 25.3 Å². The van der Waals surface area contributed by atoms with E-state index in [1.54, 1.807) is 6.92 Å². The van der Waals surface area contributed by atoms with Crippen molar-refractivity contribution in [1.82, 2.24) is 4.72 Å². The average molecular weight is 362 g/mol. The van der Waals surface area contributed by atoms with E-state index in [1.807, 2.05) is 32.0 Å². The minimum atomic E-state index is -3.66. The lowest BCUT2D eigenvalue weighted by Crippen LogP contribution is -2.24. The van der Waals surface area contributed by atoms with Crippen molar-refractivity contribution in [3.05, 3.63) is 53.1 Å². The van der Waals surface area contributed by atoms with Crippen LogP contribution in [0.1, 0.15) is 28.4 Å². The van der Waals surface area contributed by atoms with Crippen LogP contribution in [0.15, 0.2) is 41.3 Å². The van der Waals surface area contributed by atoms with E-state index in [0.717, 1.165) is 11.1 Å². The number of carbonyl (C=O) groups is 1. The first-order chi connectivity index (χ1) is 11.8. The highest BCUT2D eigenvalue weighted by Crippen LogP contribution is 2.25. The number of anilines is 1. The van der Waals surface area contributed by atoms with Crippen molar-refractivity contribution in [2.75, 3.05) is 19.0 Å². The van der Waals surface area contributed by atoms with E-state index in [2.05, 4.69) is 10.0 Å². The summed E-state index contributed by atoms with van der Waals surface area (Å²) in [5, 5.41) is 2.82. The van der Waals surface area contributed by atoms with Crippen LogP contribution in [0.2, 0.25) is 0 Å². The Hall–Kier alpha value is -2.38. The second-order valence-corrected chi connectivity index (χ2v) is 7.40. The van der Waals surface area contributed by atoms with Crippen LogP contribution in [0, 0.1) is 13.8 Å². The summed E-state index contributed by atoms with van der Waals surface area (Å²) >= 11 is 0. The van der Waals surface area contributed by atoms with Crippen LogP contribution in [0.4, 0.5) is 5.69 Å². The van der Waals surface area contributed by atoms with E-state index in [9.17, 15) is 13.2 Å². The van der Waals surface area contributed by atoms with E-state index in [4.69, 9.17) is 4.74 Å². The van der Waals surface area contributed by atoms with Gasteiger partial charge in [0.15, 0.2) is 0 Å². The number of benzene rings is 2. The molecule has 0 atom stereocenters. The Labute approximate surface area is 148 Å². The Balaban J connectivity index is 2.42. The van der Waals surface area contributed by atoms with Crippen molar-refractivity contribution >= 4 is 21.6 Å². The molecule has 0 aliphatic carbocycles. The molecule has 0 saturated carbocycles. The summed E-state index contributed by atoms with van der Waals surface area (Å²) in [6.07, 6.45) is 0. The second kappa shape index (κ2) is 7.67. The molecule has 134 valence electrons. The first kappa shape index (κ1) is 19.0. The fourth-order valence-electron chi connectivity index (χ4n) is 2.37. The highest BCUT2D eigenvalue weighted by atomic mass is 32.2. The second-order valence-electron chi connectivity index (χ2n) is 5.64. The Kier molecular flexibility index (Phi) is 5.81. The van der Waals surface area contributed by atoms with Gasteiger partial charge in [-0.1, -0.05) is 19.1 Å². The van der Waals surface area contributed by atoms with E-state index < -0.39 is 15.9 Å². The average Bonchev–Trinajstić information content (AvgIpc) is 2.57. The van der Waals surface area contributed by atoms with Gasteiger partial charge in [0.2, 0.25) is 10.0 Å². The highest BCUT2D eigenvalue weighted by Gasteiger charge is 2.19. The number of hydrogen-bond acceptors (Lipinski definition) is 4. The lowest BCUT2D eigenvalue weighted by molar-refractivity contribution is 0.102. The molecule has 0 aliphatic heterocycles. The third-order valence-electron chi connectivity index (χ3n) is 3.70. The molecule has 6 nitrogen and oxygen atoms in total. The molecule has 2 rings (SSSR count). The molecule has 0 aliphatic rings. The molecule has 0 spiro atoms. The van der Waals surface area contributed by atoms with Gasteiger partial charge < -0.3 is 10.1 Å². The van der Waals surface area contributed by atoms with Crippen LogP contribution in [0.3, 0.4) is 0 Å². The minimum Gasteiger partial charge on any atom is -0.496 e. The van der Waals surface area contributed by atoms with Gasteiger partial charge in [-0.15, -0.1) is 0 Å². The third kappa shape index (κ3) is 4.37. The molecule has 1 amide bonds. The molecule has 0 unspecified atom stereocenters. The monoisotopic (exact) mass is 362 g/mol. The molecule has 2 N–H and O–H groups in total. The Morgan fingerprint density at radius 1 is 1.12 bits per heavy atom. The number of rotatable bonds is 6. The smallest absolute Gasteiger partial charge is 0.259 e. The maximum atomic E-state index is 12.7. The van der Waals surface area contributed by atoms with Gasteiger partial charge in [-0.3, -0.25) is 4.79 Å². The summed E-state index contributed by atoms with van der Waals surface area (Å²) in [5.74, 6) is -0.127. The SMILES string of the molecule is CCNS(=O)(=O)c1ccc(OC)c(C(=O)Nc2cc(C)ccc2C)c1. The van der Waals surface area contributed by atoms with Crippen molar-refractivity contribution in [2.45, 2.75) is 25.7 Å². The van der Waals surface area contributed by atoms with Gasteiger partial charge in [-0.2, -0.15) is 0 Å². The molecule has 25 heavy (non-hydrogen) atoms. The fraction of sp³-hybridized carbons (Fsp3) is 0.278. The molecule has 0 heterocycles. The van der Waals surface area contributed by atoms with Gasteiger partial charge in [0.25, 0.3) is 5.91 Å². The summed E-state index contributed by atoms with van der Waals surface area (Å²) in [7, 11) is -2.23. The van der Waals surface area contributed by atoms with Crippen LogP contribution in [0.25, 0.3) is 0 Å². The minimum absolute atomic E-state index is 0.0151. The lowest BCUT2D eigenvalue weighted by Gasteiger charge is -2.13. The molecule has 0 saturated heterocycles. The Bertz CT molecular complexity index is 892. The van der Waals surface area contributed by atoms with Gasteiger partial charge in [-0.05, 0) is 49.2 Å². The summed E-state index contributed by atoms with van der Waals surface area (Å²) in [5.41, 5.74) is 2.75. The van der Waals surface area contributed by atoms with Crippen molar-refractivity contribution in [3.8, 4) is 5.75 Å². The zero-order valence-electron chi connectivity index (χ0n) is 14.7. The molecular formula is C18H22N2O4S. The largest absolute Gasteiger partial charge is 0.496 e. The normalized spacial score (nSPS) is 11.2. The van der Waals surface area contributed by atoms with E-state index in [-0.39, 0.29) is 17.0 Å². The predicted molar refractivity (Wildman–Crippen MR) is 97.7 cm³/mol. The number of hydrogen-bond donors (Lipinski definition) is 2. The van der Waals surface area contributed by atoms with Gasteiger partial charge in [0.05, 0.1) is 17.6 Å². The Morgan fingerprint density at radius 3 is 2.48 bits per heavy atom. The Morgan fingerprint density at radius 2 is 1.84 bits per heavy atom. The first-order valence-corrected chi connectivity index (χ1v) is 9.33. The van der Waals surface area contributed by atoms with E-state index >= 15 is 0 Å². The molecular weight excluding hydrogens is 340 g/mol. The molecule has 7 heteroatoms. The predicted octanol–water partition coefficient (Wildman–Crippen LogP) is 2.86. The topological polar surface area (TPSA) is 84.5 Å². The van der Waals surface area contributed by atoms with Crippen LogP contribution >= 0.6 is 0 Å². The van der Waals surface area contributed by atoms with Crippen molar-refractivity contribution in [3.63, 3.8) is 0 Å². The first-order valence-electron chi connectivity index (χ1n) is 7.84. The zero-order valence-corrected chi connectivity index (χ0v) is 15.5. The van der Waals surface area contributed by atoms with Gasteiger partial charge >= 0.3 is 0 Å². The zero-order chi connectivity index (χ0) is 18.6. The third-order valence-corrected chi connectivity index (χ3v) is 5.24. The number of sulfonamides is 1. The van der Waals surface area contributed by atoms with Crippen LogP contribution in [-0.2, 0) is 10.0 Å². The van der Waals surface area contributed by atoms with Crippen molar-refractivity contribution in [1.29, 1.82) is 0 Å². The number of ether oxygens (including phenoxy) is 1. The highest BCUT2D eigenvalue weighted by molar-refractivity contribution is 7.89. The molecule has 2 aromatic carbocycles. The van der Waals surface area contributed by atoms with Crippen molar-refractivity contribution < 1.29 is 17.9 Å². The summed E-state index contributed by atoms with van der Waals surface area (Å²) in [4.78, 5) is 12.7. The molecule has 0 fully saturated rings. The quantitative estimate of drug-likeness (QED) is 0.827. The maximum absolute atomic E-state index is 12.7. The van der Waals surface area contributed by atoms with Crippen LogP contribution < -0.4 is 14.8 Å². The molecule has 0 radical (unpaired) electrons. The summed E-state index contributed by atoms with van der Waals surface area (Å²) in [6.45, 7) is 5.77. The number of carbonyl (C=O) groups excluding carboxylic acids is 1. The molecule has 0 aromatic heterocycles. The fourth-order valence-corrected chi connectivity index (χ4v) is 3.43. The van der Waals surface area contributed by atoms with Gasteiger partial charge in [0, 0.05) is 12.2 Å². The molecule has 2 aromatic rings. The standard InChI is InChI=1S/C18H22N2O4S/c1-5-19-25(22,23)14-8-9-17(24-4)15(11-14)18(21)20-16-10-12(2)6-7-13(16)3/h6-11,19H,5H2,1-4H3,(H,20,21). The number of amides is 1. The van der Waals surface area contributed by atoms with Crippen molar-refractivity contribution in [2.24, 2.45) is 0 Å². The summed E-state index contributed by atoms with van der Waals surface area (Å²) < 4.78 is 32.0. The number of nitrogens with one attached hydrogen (secondary N) is 2. The molecule has 0 bridgehead atoms. The van der Waals surface area contributed by atoms with Crippen LogP contribution in [0.5, 0.6) is 5.75 Å². The van der Waals surface area contributed by atoms with Gasteiger partial charge in [0.1, 0.15) is 5.75 Å². The lowest BCUT2D eigenvalue weighted by atomic mass is 10.1. The van der Waals surface area contributed by atoms with Gasteiger partial charge in [-0.25, -0.2) is 13.1 Å². The summed E-state index contributed by atoms with van der Waals surface area (Å²) in [6, 6.07) is 9.92. The number of aryl methyl sites for hydroxylation is 2. The number of methoxy groups -OCH3 is 1. The van der Waals surface area contributed by atoms with E-state index in [0.29, 0.717) is 11.4 Å².